The van der Waals surface area contributed by atoms with Crippen LogP contribution < -0.4 is 0 Å². The van der Waals surface area contributed by atoms with E-state index in [0.717, 1.165) is 31.8 Å². The van der Waals surface area contributed by atoms with Gasteiger partial charge in [0.2, 0.25) is 0 Å². The molecule has 2 heterocycles. The lowest BCUT2D eigenvalue weighted by Crippen LogP contribution is -2.23. The molecular weight excluding hydrogens is 266 g/mol. The molecule has 1 aliphatic heterocycles. The van der Waals surface area contributed by atoms with Gasteiger partial charge in [-0.3, -0.25) is 0 Å². The van der Waals surface area contributed by atoms with Crippen molar-refractivity contribution in [3.8, 4) is 0 Å². The van der Waals surface area contributed by atoms with Gasteiger partial charge in [-0.1, -0.05) is 18.2 Å². The molecule has 0 spiro atoms. The third-order valence-corrected chi connectivity index (χ3v) is 2.65. The average molecular weight is 283 g/mol. The number of rotatable bonds is 2. The van der Waals surface area contributed by atoms with Gasteiger partial charge in [-0.2, -0.15) is 4.98 Å². The van der Waals surface area contributed by atoms with Crippen molar-refractivity contribution in [2.24, 2.45) is 0 Å². The molecule has 0 bridgehead atoms. The predicted molar refractivity (Wildman–Crippen MR) is 69.0 cm³/mol. The highest BCUT2D eigenvalue weighted by Crippen LogP contribution is 2.19. The van der Waals surface area contributed by atoms with Gasteiger partial charge < -0.3 is 19.6 Å². The fourth-order valence-electron chi connectivity index (χ4n) is 1.49. The second-order valence-corrected chi connectivity index (χ2v) is 4.22. The van der Waals surface area contributed by atoms with E-state index in [4.69, 9.17) is 24.3 Å². The Kier molecular flexibility index (Phi) is 5.85. The third-order valence-electron chi connectivity index (χ3n) is 2.65. The number of aryl methyl sites for hydroxylation is 1. The molecule has 0 atom stereocenters. The topological polar surface area (TPSA) is 117 Å². The summed E-state index contributed by atoms with van der Waals surface area (Å²) in [6.07, 6.45) is 4.00. The normalized spacial score (nSPS) is 15.0. The lowest BCUT2D eigenvalue weighted by molar-refractivity contribution is -0.159. The molecule has 2 N–H and O–H groups in total. The molecule has 2 rings (SSSR count). The van der Waals surface area contributed by atoms with Crippen molar-refractivity contribution in [2.75, 3.05) is 20.1 Å². The number of carbonyl (C=O) groups is 2. The van der Waals surface area contributed by atoms with Crippen LogP contribution in [-0.2, 0) is 16.0 Å². The number of hydrogen-bond acceptors (Lipinski definition) is 6. The highest BCUT2D eigenvalue weighted by atomic mass is 16.5. The molecule has 1 aromatic heterocycles. The van der Waals surface area contributed by atoms with Crippen LogP contribution in [0.15, 0.2) is 10.6 Å². The molecule has 0 fully saturated rings. The number of likely N-dealkylation sites (N-methyl/N-ethyl adjacent to an activating group) is 1. The number of aromatic nitrogens is 2. The molecule has 0 aromatic carbocycles. The Balaban J connectivity index is 0.000000286. The van der Waals surface area contributed by atoms with Gasteiger partial charge in [-0.25, -0.2) is 9.59 Å². The summed E-state index contributed by atoms with van der Waals surface area (Å²) in [7, 11) is 2.11. The third kappa shape index (κ3) is 4.81. The number of aliphatic carboxylic acids is 2. The maximum absolute atomic E-state index is 9.10. The van der Waals surface area contributed by atoms with E-state index < -0.39 is 11.9 Å². The van der Waals surface area contributed by atoms with E-state index in [2.05, 4.69) is 28.2 Å². The minimum atomic E-state index is -1.82. The van der Waals surface area contributed by atoms with Gasteiger partial charge in [-0.15, -0.1) is 0 Å². The Morgan fingerprint density at radius 1 is 1.40 bits per heavy atom. The lowest BCUT2D eigenvalue weighted by atomic mass is 10.1. The molecule has 1 aromatic rings. The first-order chi connectivity index (χ1) is 9.43. The Morgan fingerprint density at radius 2 is 2.05 bits per heavy atom. The van der Waals surface area contributed by atoms with Crippen molar-refractivity contribution in [2.45, 2.75) is 19.8 Å². The van der Waals surface area contributed by atoms with E-state index in [1.54, 1.807) is 0 Å². The molecule has 0 saturated heterocycles. The van der Waals surface area contributed by atoms with E-state index in [1.165, 1.54) is 5.57 Å². The van der Waals surface area contributed by atoms with Crippen molar-refractivity contribution in [3.63, 3.8) is 0 Å². The molecule has 110 valence electrons. The van der Waals surface area contributed by atoms with Gasteiger partial charge >= 0.3 is 11.9 Å². The Morgan fingerprint density at radius 3 is 2.45 bits per heavy atom. The van der Waals surface area contributed by atoms with Crippen LogP contribution in [0.3, 0.4) is 0 Å². The molecule has 0 amide bonds. The first-order valence-electron chi connectivity index (χ1n) is 6.10. The van der Waals surface area contributed by atoms with Crippen molar-refractivity contribution >= 4 is 17.5 Å². The van der Waals surface area contributed by atoms with Crippen molar-refractivity contribution < 1.29 is 24.3 Å². The smallest absolute Gasteiger partial charge is 0.414 e. The quantitative estimate of drug-likeness (QED) is 0.754. The van der Waals surface area contributed by atoms with Crippen LogP contribution in [0.5, 0.6) is 0 Å². The Hall–Kier alpha value is -2.22. The molecule has 20 heavy (non-hydrogen) atoms. The Bertz CT molecular complexity index is 497. The van der Waals surface area contributed by atoms with Crippen LogP contribution in [-0.4, -0.2) is 57.3 Å². The highest BCUT2D eigenvalue weighted by molar-refractivity contribution is 6.27. The van der Waals surface area contributed by atoms with E-state index in [9.17, 15) is 0 Å². The Labute approximate surface area is 115 Å². The molecule has 0 unspecified atom stereocenters. The van der Waals surface area contributed by atoms with Gasteiger partial charge in [0.05, 0.1) is 0 Å². The number of hydrogen-bond donors (Lipinski definition) is 2. The van der Waals surface area contributed by atoms with Crippen LogP contribution in [0.4, 0.5) is 0 Å². The van der Waals surface area contributed by atoms with E-state index in [1.807, 2.05) is 6.92 Å². The van der Waals surface area contributed by atoms with Crippen LogP contribution in [0.2, 0.25) is 0 Å². The van der Waals surface area contributed by atoms with E-state index >= 15 is 0 Å². The van der Waals surface area contributed by atoms with Crippen LogP contribution in [0.1, 0.15) is 25.1 Å². The molecule has 0 saturated carbocycles. The maximum Gasteiger partial charge on any atom is 0.414 e. The lowest BCUT2D eigenvalue weighted by Gasteiger charge is -2.19. The fourth-order valence-corrected chi connectivity index (χ4v) is 1.49. The summed E-state index contributed by atoms with van der Waals surface area (Å²) in [6, 6.07) is 0. The van der Waals surface area contributed by atoms with Crippen LogP contribution in [0, 0.1) is 0 Å². The number of carboxylic acid groups (broad SMARTS) is 2. The monoisotopic (exact) mass is 283 g/mol. The zero-order valence-electron chi connectivity index (χ0n) is 11.4. The summed E-state index contributed by atoms with van der Waals surface area (Å²) < 4.78 is 5.18. The SMILES string of the molecule is CCc1noc(C2=CCN(C)CC2)n1.O=C(O)C(=O)O. The fraction of sp³-hybridized carbons (Fsp3) is 0.500. The summed E-state index contributed by atoms with van der Waals surface area (Å²) in [5.41, 5.74) is 1.19. The molecule has 1 aliphatic rings. The summed E-state index contributed by atoms with van der Waals surface area (Å²) >= 11 is 0. The molecule has 8 nitrogen and oxygen atoms in total. The van der Waals surface area contributed by atoms with Gasteiger partial charge in [0, 0.05) is 25.1 Å². The summed E-state index contributed by atoms with van der Waals surface area (Å²) in [4.78, 5) is 24.8. The van der Waals surface area contributed by atoms with E-state index in [0.29, 0.717) is 5.89 Å². The van der Waals surface area contributed by atoms with Crippen molar-refractivity contribution in [1.82, 2.24) is 15.0 Å². The van der Waals surface area contributed by atoms with Gasteiger partial charge in [0.15, 0.2) is 5.82 Å². The molecule has 8 heteroatoms. The van der Waals surface area contributed by atoms with Gasteiger partial charge in [0.25, 0.3) is 5.89 Å². The predicted octanol–water partition coefficient (Wildman–Crippen LogP) is 0.506. The summed E-state index contributed by atoms with van der Waals surface area (Å²) in [6.45, 7) is 4.06. The van der Waals surface area contributed by atoms with Gasteiger partial charge in [-0.05, 0) is 13.5 Å². The minimum Gasteiger partial charge on any atom is -0.473 e. The van der Waals surface area contributed by atoms with Crippen LogP contribution >= 0.6 is 0 Å². The standard InChI is InChI=1S/C10H15N3O.C2H2O4/c1-3-9-11-10(14-12-9)8-4-6-13(2)7-5-8;3-1(4)2(5)6/h4H,3,5-7H2,1-2H3;(H,3,4)(H,5,6). The van der Waals surface area contributed by atoms with E-state index in [-0.39, 0.29) is 0 Å². The zero-order valence-corrected chi connectivity index (χ0v) is 11.4. The molecule has 0 aliphatic carbocycles. The molecule has 0 radical (unpaired) electrons. The first-order valence-corrected chi connectivity index (χ1v) is 6.10. The van der Waals surface area contributed by atoms with Crippen LogP contribution in [0.25, 0.3) is 5.57 Å². The second-order valence-electron chi connectivity index (χ2n) is 4.22. The molecular formula is C12H17N3O5. The number of nitrogens with zero attached hydrogens (tertiary/aromatic N) is 3. The minimum absolute atomic E-state index is 0.704. The summed E-state index contributed by atoms with van der Waals surface area (Å²) in [5.74, 6) is -2.15. The van der Waals surface area contributed by atoms with Crippen molar-refractivity contribution in [3.05, 3.63) is 17.8 Å². The average Bonchev–Trinajstić information content (AvgIpc) is 2.89. The summed E-state index contributed by atoms with van der Waals surface area (Å²) in [5, 5.41) is 18.7. The second kappa shape index (κ2) is 7.39. The van der Waals surface area contributed by atoms with Gasteiger partial charge in [0.1, 0.15) is 0 Å². The maximum atomic E-state index is 9.10. The first kappa shape index (κ1) is 15.8. The number of carboxylic acids is 2. The highest BCUT2D eigenvalue weighted by Gasteiger charge is 2.14. The zero-order chi connectivity index (χ0) is 15.1. The van der Waals surface area contributed by atoms with Crippen molar-refractivity contribution in [1.29, 1.82) is 0 Å². The largest absolute Gasteiger partial charge is 0.473 e.